The van der Waals surface area contributed by atoms with E-state index in [1.807, 2.05) is 6.07 Å². The van der Waals surface area contributed by atoms with E-state index in [0.717, 1.165) is 12.8 Å². The first-order valence-corrected chi connectivity index (χ1v) is 7.10. The van der Waals surface area contributed by atoms with Crippen molar-refractivity contribution in [1.29, 1.82) is 0 Å². The largest absolute Gasteiger partial charge is 0.354 e. The lowest BCUT2D eigenvalue weighted by atomic mass is 9.90. The quantitative estimate of drug-likeness (QED) is 0.793. The first-order valence-electron chi connectivity index (χ1n) is 7.10. The molecule has 0 bridgehead atoms. The van der Waals surface area contributed by atoms with Gasteiger partial charge in [0.25, 0.3) is 0 Å². The van der Waals surface area contributed by atoms with Crippen LogP contribution >= 0.6 is 0 Å². The number of hydrogen-bond acceptors (Lipinski definition) is 2. The molecule has 1 amide bonds. The summed E-state index contributed by atoms with van der Waals surface area (Å²) in [7, 11) is 0. The van der Waals surface area contributed by atoms with E-state index in [1.165, 1.54) is 5.56 Å². The lowest BCUT2D eigenvalue weighted by Crippen LogP contribution is -2.53. The van der Waals surface area contributed by atoms with Gasteiger partial charge in [0.05, 0.1) is 0 Å². The van der Waals surface area contributed by atoms with E-state index in [4.69, 9.17) is 0 Å². The predicted octanol–water partition coefficient (Wildman–Crippen LogP) is 3.03. The van der Waals surface area contributed by atoms with Gasteiger partial charge in [-0.05, 0) is 25.3 Å². The minimum Gasteiger partial charge on any atom is -0.354 e. The van der Waals surface area contributed by atoms with Crippen LogP contribution in [0.5, 0.6) is 0 Å². The zero-order valence-electron chi connectivity index (χ0n) is 12.5. The van der Waals surface area contributed by atoms with Gasteiger partial charge in [-0.2, -0.15) is 0 Å². The van der Waals surface area contributed by atoms with Crippen LogP contribution in [0, 0.1) is 0 Å². The molecule has 3 nitrogen and oxygen atoms in total. The van der Waals surface area contributed by atoms with Crippen molar-refractivity contribution >= 4 is 5.91 Å². The third-order valence-corrected chi connectivity index (χ3v) is 3.85. The van der Waals surface area contributed by atoms with Crippen LogP contribution < -0.4 is 10.6 Å². The molecule has 2 N–H and O–H groups in total. The molecule has 1 atom stereocenters. The lowest BCUT2D eigenvalue weighted by Gasteiger charge is -2.36. The van der Waals surface area contributed by atoms with E-state index in [9.17, 15) is 4.79 Å². The van der Waals surface area contributed by atoms with E-state index >= 15 is 0 Å². The van der Waals surface area contributed by atoms with E-state index in [0.29, 0.717) is 6.54 Å². The molecule has 0 aliphatic rings. The first-order chi connectivity index (χ1) is 9.03. The molecule has 1 aromatic rings. The molecular weight excluding hydrogens is 236 g/mol. The maximum atomic E-state index is 11.1. The zero-order valence-corrected chi connectivity index (χ0v) is 12.5. The third-order valence-electron chi connectivity index (χ3n) is 3.85. The van der Waals surface area contributed by atoms with Gasteiger partial charge in [-0.3, -0.25) is 4.79 Å². The van der Waals surface area contributed by atoms with Gasteiger partial charge >= 0.3 is 0 Å². The van der Waals surface area contributed by atoms with E-state index < -0.39 is 0 Å². The highest BCUT2D eigenvalue weighted by Gasteiger charge is 2.28. The van der Waals surface area contributed by atoms with E-state index in [1.54, 1.807) is 6.92 Å². The van der Waals surface area contributed by atoms with Crippen LogP contribution in [0.4, 0.5) is 0 Å². The number of benzene rings is 1. The molecule has 0 unspecified atom stereocenters. The topological polar surface area (TPSA) is 41.1 Å². The van der Waals surface area contributed by atoms with Gasteiger partial charge in [-0.15, -0.1) is 0 Å². The van der Waals surface area contributed by atoms with Crippen LogP contribution in [0.1, 0.15) is 52.1 Å². The van der Waals surface area contributed by atoms with Gasteiger partial charge in [-0.1, -0.05) is 44.2 Å². The van der Waals surface area contributed by atoms with Crippen molar-refractivity contribution in [3.05, 3.63) is 35.9 Å². The Bertz CT molecular complexity index is 385. The fraction of sp³-hybridized carbons (Fsp3) is 0.562. The average molecular weight is 262 g/mol. The second kappa shape index (κ2) is 7.29. The molecule has 0 saturated carbocycles. The van der Waals surface area contributed by atoms with Gasteiger partial charge < -0.3 is 10.6 Å². The molecule has 106 valence electrons. The maximum absolute atomic E-state index is 11.1. The fourth-order valence-corrected chi connectivity index (χ4v) is 2.33. The molecule has 0 aromatic heterocycles. The Morgan fingerprint density at radius 2 is 1.79 bits per heavy atom. The summed E-state index contributed by atoms with van der Waals surface area (Å²) in [5, 5.41) is 6.63. The van der Waals surface area contributed by atoms with Crippen molar-refractivity contribution in [3.8, 4) is 0 Å². The highest BCUT2D eigenvalue weighted by Crippen LogP contribution is 2.21. The summed E-state index contributed by atoms with van der Waals surface area (Å²) in [5.41, 5.74) is 1.23. The van der Waals surface area contributed by atoms with Crippen LogP contribution in [0.15, 0.2) is 30.3 Å². The summed E-state index contributed by atoms with van der Waals surface area (Å²) < 4.78 is 0. The van der Waals surface area contributed by atoms with Crippen molar-refractivity contribution in [1.82, 2.24) is 10.6 Å². The highest BCUT2D eigenvalue weighted by atomic mass is 16.1. The molecule has 0 fully saturated rings. The normalized spacial score (nSPS) is 13.1. The number of nitrogens with one attached hydrogen (secondary N) is 2. The summed E-state index contributed by atoms with van der Waals surface area (Å²) in [6, 6.07) is 10.7. The van der Waals surface area contributed by atoms with Gasteiger partial charge in [0, 0.05) is 25.0 Å². The monoisotopic (exact) mass is 262 g/mol. The van der Waals surface area contributed by atoms with Crippen molar-refractivity contribution in [2.45, 2.75) is 52.1 Å². The molecule has 19 heavy (non-hydrogen) atoms. The minimum absolute atomic E-state index is 0.0282. The van der Waals surface area contributed by atoms with Crippen LogP contribution in [0.25, 0.3) is 0 Å². The van der Waals surface area contributed by atoms with Crippen LogP contribution in [-0.2, 0) is 4.79 Å². The number of amides is 1. The Morgan fingerprint density at radius 1 is 1.21 bits per heavy atom. The molecule has 1 aromatic carbocycles. The second-order valence-electron chi connectivity index (χ2n) is 5.17. The van der Waals surface area contributed by atoms with Crippen molar-refractivity contribution in [3.63, 3.8) is 0 Å². The van der Waals surface area contributed by atoms with Crippen LogP contribution in [0.3, 0.4) is 0 Å². The Morgan fingerprint density at radius 3 is 2.26 bits per heavy atom. The molecule has 3 heteroatoms. The number of rotatable bonds is 7. The summed E-state index contributed by atoms with van der Waals surface area (Å²) in [6.07, 6.45) is 1.97. The second-order valence-corrected chi connectivity index (χ2v) is 5.17. The third kappa shape index (κ3) is 4.67. The van der Waals surface area contributed by atoms with Gasteiger partial charge in [0.1, 0.15) is 0 Å². The average Bonchev–Trinajstić information content (AvgIpc) is 2.44. The summed E-state index contributed by atoms with van der Waals surface area (Å²) in [4.78, 5) is 11.1. The van der Waals surface area contributed by atoms with Crippen LogP contribution in [-0.4, -0.2) is 18.0 Å². The van der Waals surface area contributed by atoms with Gasteiger partial charge in [-0.25, -0.2) is 0 Å². The van der Waals surface area contributed by atoms with E-state index in [-0.39, 0.29) is 17.5 Å². The Kier molecular flexibility index (Phi) is 6.03. The Hall–Kier alpha value is -1.35. The molecule has 0 heterocycles. The Balaban J connectivity index is 2.74. The fourth-order valence-electron chi connectivity index (χ4n) is 2.33. The summed E-state index contributed by atoms with van der Waals surface area (Å²) in [5.74, 6) is 0.0282. The molecule has 1 rings (SSSR count). The Labute approximate surface area is 116 Å². The number of hydrogen-bond donors (Lipinski definition) is 2. The molecule has 0 aliphatic carbocycles. The van der Waals surface area contributed by atoms with E-state index in [2.05, 4.69) is 55.7 Å². The van der Waals surface area contributed by atoms with Gasteiger partial charge in [0.2, 0.25) is 5.91 Å². The predicted molar refractivity (Wildman–Crippen MR) is 80.0 cm³/mol. The van der Waals surface area contributed by atoms with Crippen molar-refractivity contribution in [2.24, 2.45) is 0 Å². The SMILES string of the molecule is CCC(CC)(CNC(C)=O)N[C@H](C)c1ccccc1. The standard InChI is InChI=1S/C16H26N2O/c1-5-16(6-2,12-17-14(4)19)18-13(3)15-10-8-7-9-11-15/h7-11,13,18H,5-6,12H2,1-4H3,(H,17,19)/t13-/m1/s1. The number of carbonyl (C=O) groups excluding carboxylic acids is 1. The first kappa shape index (κ1) is 15.7. The smallest absolute Gasteiger partial charge is 0.216 e. The van der Waals surface area contributed by atoms with Crippen molar-refractivity contribution < 1.29 is 4.79 Å². The zero-order chi connectivity index (χ0) is 14.3. The summed E-state index contributed by atoms with van der Waals surface area (Å²) in [6.45, 7) is 8.73. The molecule has 0 spiro atoms. The molecular formula is C16H26N2O. The molecule has 0 aliphatic heterocycles. The van der Waals surface area contributed by atoms with Crippen LogP contribution in [0.2, 0.25) is 0 Å². The number of carbonyl (C=O) groups is 1. The molecule has 0 saturated heterocycles. The lowest BCUT2D eigenvalue weighted by molar-refractivity contribution is -0.119. The van der Waals surface area contributed by atoms with Gasteiger partial charge in [0.15, 0.2) is 0 Å². The summed E-state index contributed by atoms with van der Waals surface area (Å²) >= 11 is 0. The highest BCUT2D eigenvalue weighted by molar-refractivity contribution is 5.72. The molecule has 0 radical (unpaired) electrons. The van der Waals surface area contributed by atoms with Crippen molar-refractivity contribution in [2.75, 3.05) is 6.54 Å². The minimum atomic E-state index is -0.0407. The maximum Gasteiger partial charge on any atom is 0.216 e.